The Bertz CT molecular complexity index is 721. The highest BCUT2D eigenvalue weighted by atomic mass is 32.2. The third-order valence-electron chi connectivity index (χ3n) is 2.87. The van der Waals surface area contributed by atoms with Crippen LogP contribution in [-0.4, -0.2) is 20.1 Å². The van der Waals surface area contributed by atoms with Gasteiger partial charge in [-0.2, -0.15) is 0 Å². The summed E-state index contributed by atoms with van der Waals surface area (Å²) in [6.07, 6.45) is 0.503. The van der Waals surface area contributed by atoms with E-state index in [4.69, 9.17) is 4.74 Å². The first kappa shape index (κ1) is 15.3. The van der Waals surface area contributed by atoms with Crippen molar-refractivity contribution in [3.8, 4) is 5.75 Å². The lowest BCUT2D eigenvalue weighted by molar-refractivity contribution is 0.0730. The van der Waals surface area contributed by atoms with Crippen LogP contribution in [0, 0.1) is 0 Å². The maximum atomic E-state index is 12.2. The van der Waals surface area contributed by atoms with Gasteiger partial charge < -0.3 is 4.74 Å². The van der Waals surface area contributed by atoms with Gasteiger partial charge in [-0.1, -0.05) is 37.3 Å². The highest BCUT2D eigenvalue weighted by Gasteiger charge is 2.20. The van der Waals surface area contributed by atoms with Crippen molar-refractivity contribution in [3.63, 3.8) is 0 Å². The van der Waals surface area contributed by atoms with Crippen LogP contribution in [0.25, 0.3) is 0 Å². The van der Waals surface area contributed by atoms with Crippen molar-refractivity contribution in [2.24, 2.45) is 0 Å². The first-order valence-electron chi connectivity index (χ1n) is 6.63. The van der Waals surface area contributed by atoms with Gasteiger partial charge in [0.1, 0.15) is 10.6 Å². The van der Waals surface area contributed by atoms with Crippen LogP contribution >= 0.6 is 0 Å². The standard InChI is InChI=1S/C16H16O4S/c1-2-12-21(18,19)15-11-7-6-10-14(15)20-16(17)13-8-4-3-5-9-13/h3-11H,2,12H2,1H3. The van der Waals surface area contributed by atoms with Crippen LogP contribution in [0.4, 0.5) is 0 Å². The summed E-state index contributed by atoms with van der Waals surface area (Å²) in [6, 6.07) is 14.7. The molecule has 0 saturated heterocycles. The lowest BCUT2D eigenvalue weighted by atomic mass is 10.2. The molecule has 4 nitrogen and oxygen atoms in total. The second-order valence-electron chi connectivity index (χ2n) is 4.52. The van der Waals surface area contributed by atoms with E-state index in [1.165, 1.54) is 12.1 Å². The number of esters is 1. The van der Waals surface area contributed by atoms with Gasteiger partial charge in [-0.3, -0.25) is 0 Å². The predicted octanol–water partition coefficient (Wildman–Crippen LogP) is 3.09. The molecule has 2 aromatic rings. The molecule has 2 rings (SSSR count). The number of para-hydroxylation sites is 1. The summed E-state index contributed by atoms with van der Waals surface area (Å²) in [5, 5.41) is 0. The molecular weight excluding hydrogens is 288 g/mol. The Balaban J connectivity index is 2.32. The smallest absolute Gasteiger partial charge is 0.343 e. The van der Waals surface area contributed by atoms with Crippen LogP contribution in [0.2, 0.25) is 0 Å². The molecule has 0 N–H and O–H groups in total. The fraction of sp³-hybridized carbons (Fsp3) is 0.188. The zero-order valence-electron chi connectivity index (χ0n) is 11.7. The third-order valence-corrected chi connectivity index (χ3v) is 4.82. The predicted molar refractivity (Wildman–Crippen MR) is 80.2 cm³/mol. The molecular formula is C16H16O4S. The lowest BCUT2D eigenvalue weighted by Gasteiger charge is -2.10. The van der Waals surface area contributed by atoms with Crippen molar-refractivity contribution in [1.82, 2.24) is 0 Å². The minimum Gasteiger partial charge on any atom is -0.422 e. The van der Waals surface area contributed by atoms with Crippen LogP contribution in [-0.2, 0) is 9.84 Å². The molecule has 0 fully saturated rings. The number of hydrogen-bond acceptors (Lipinski definition) is 4. The average Bonchev–Trinajstić information content (AvgIpc) is 2.48. The summed E-state index contributed by atoms with van der Waals surface area (Å²) in [5.41, 5.74) is 0.375. The summed E-state index contributed by atoms with van der Waals surface area (Å²) in [5.74, 6) is -0.484. The van der Waals surface area contributed by atoms with E-state index < -0.39 is 15.8 Å². The lowest BCUT2D eigenvalue weighted by Crippen LogP contribution is -2.13. The summed E-state index contributed by atoms with van der Waals surface area (Å²) >= 11 is 0. The molecule has 5 heteroatoms. The Morgan fingerprint density at radius 2 is 1.62 bits per heavy atom. The van der Waals surface area contributed by atoms with E-state index in [-0.39, 0.29) is 16.4 Å². The van der Waals surface area contributed by atoms with Gasteiger partial charge >= 0.3 is 5.97 Å². The van der Waals surface area contributed by atoms with Crippen molar-refractivity contribution < 1.29 is 17.9 Å². The van der Waals surface area contributed by atoms with Crippen LogP contribution < -0.4 is 4.74 Å². The van der Waals surface area contributed by atoms with Crippen molar-refractivity contribution in [2.75, 3.05) is 5.75 Å². The molecule has 0 bridgehead atoms. The Morgan fingerprint density at radius 1 is 1.00 bits per heavy atom. The Hall–Kier alpha value is -2.14. The van der Waals surface area contributed by atoms with Crippen LogP contribution in [0.3, 0.4) is 0 Å². The van der Waals surface area contributed by atoms with Crippen molar-refractivity contribution in [1.29, 1.82) is 0 Å². The second-order valence-corrected chi connectivity index (χ2v) is 6.60. The van der Waals surface area contributed by atoms with E-state index in [2.05, 4.69) is 0 Å². The number of ether oxygens (including phenoxy) is 1. The zero-order valence-corrected chi connectivity index (χ0v) is 12.5. The highest BCUT2D eigenvalue weighted by molar-refractivity contribution is 7.91. The fourth-order valence-corrected chi connectivity index (χ4v) is 3.36. The van der Waals surface area contributed by atoms with Gasteiger partial charge in [0.25, 0.3) is 0 Å². The van der Waals surface area contributed by atoms with E-state index in [9.17, 15) is 13.2 Å². The van der Waals surface area contributed by atoms with E-state index >= 15 is 0 Å². The minimum absolute atomic E-state index is 0.0207. The molecule has 0 atom stereocenters. The summed E-state index contributed by atoms with van der Waals surface area (Å²) in [4.78, 5) is 12.1. The number of rotatable bonds is 5. The molecule has 21 heavy (non-hydrogen) atoms. The van der Waals surface area contributed by atoms with E-state index in [1.807, 2.05) is 0 Å². The van der Waals surface area contributed by atoms with Crippen LogP contribution in [0.1, 0.15) is 23.7 Å². The van der Waals surface area contributed by atoms with Crippen molar-refractivity contribution in [3.05, 3.63) is 60.2 Å². The molecule has 0 saturated carbocycles. The van der Waals surface area contributed by atoms with Gasteiger partial charge in [-0.05, 0) is 30.7 Å². The first-order valence-corrected chi connectivity index (χ1v) is 8.29. The van der Waals surface area contributed by atoms with Gasteiger partial charge in [-0.15, -0.1) is 0 Å². The minimum atomic E-state index is -3.45. The molecule has 110 valence electrons. The SMILES string of the molecule is CCCS(=O)(=O)c1ccccc1OC(=O)c1ccccc1. The number of carbonyl (C=O) groups is 1. The Morgan fingerprint density at radius 3 is 2.29 bits per heavy atom. The van der Waals surface area contributed by atoms with Crippen LogP contribution in [0.5, 0.6) is 5.75 Å². The molecule has 0 aliphatic rings. The van der Waals surface area contributed by atoms with E-state index in [0.29, 0.717) is 12.0 Å². The van der Waals surface area contributed by atoms with Crippen molar-refractivity contribution in [2.45, 2.75) is 18.2 Å². The van der Waals surface area contributed by atoms with Crippen molar-refractivity contribution >= 4 is 15.8 Å². The molecule has 0 radical (unpaired) electrons. The molecule has 0 aliphatic carbocycles. The van der Waals surface area contributed by atoms with Gasteiger partial charge in [0.15, 0.2) is 9.84 Å². The number of carbonyl (C=O) groups excluding carboxylic acids is 1. The number of benzene rings is 2. The molecule has 0 heterocycles. The molecule has 0 aliphatic heterocycles. The average molecular weight is 304 g/mol. The van der Waals surface area contributed by atoms with Gasteiger partial charge in [-0.25, -0.2) is 13.2 Å². The molecule has 2 aromatic carbocycles. The van der Waals surface area contributed by atoms with Crippen LogP contribution in [0.15, 0.2) is 59.5 Å². The number of hydrogen-bond donors (Lipinski definition) is 0. The monoisotopic (exact) mass is 304 g/mol. The third kappa shape index (κ3) is 3.70. The number of sulfone groups is 1. The maximum absolute atomic E-state index is 12.2. The quantitative estimate of drug-likeness (QED) is 0.629. The maximum Gasteiger partial charge on any atom is 0.343 e. The summed E-state index contributed by atoms with van der Waals surface area (Å²) in [6.45, 7) is 1.79. The molecule has 0 spiro atoms. The Labute approximate surface area is 124 Å². The van der Waals surface area contributed by atoms with Gasteiger partial charge in [0.05, 0.1) is 11.3 Å². The zero-order chi connectivity index (χ0) is 15.3. The Kier molecular flexibility index (Phi) is 4.75. The largest absolute Gasteiger partial charge is 0.422 e. The van der Waals surface area contributed by atoms with E-state index in [0.717, 1.165) is 0 Å². The molecule has 0 amide bonds. The van der Waals surface area contributed by atoms with Gasteiger partial charge in [0.2, 0.25) is 0 Å². The molecule has 0 aromatic heterocycles. The highest BCUT2D eigenvalue weighted by Crippen LogP contribution is 2.25. The summed E-state index contributed by atoms with van der Waals surface area (Å²) in [7, 11) is -3.45. The summed E-state index contributed by atoms with van der Waals surface area (Å²) < 4.78 is 29.6. The molecule has 0 unspecified atom stereocenters. The van der Waals surface area contributed by atoms with E-state index in [1.54, 1.807) is 49.4 Å². The first-order chi connectivity index (χ1) is 10.0. The normalized spacial score (nSPS) is 11.1. The fourth-order valence-electron chi connectivity index (χ4n) is 1.90. The topological polar surface area (TPSA) is 60.4 Å². The second kappa shape index (κ2) is 6.54. The van der Waals surface area contributed by atoms with Gasteiger partial charge in [0, 0.05) is 0 Å².